The summed E-state index contributed by atoms with van der Waals surface area (Å²) in [6.45, 7) is 10.0. The largest absolute Gasteiger partial charge is 0.481 e. The van der Waals surface area contributed by atoms with Gasteiger partial charge in [-0.25, -0.2) is 0 Å². The molecule has 3 heteroatoms. The Balaban J connectivity index is 2.44. The van der Waals surface area contributed by atoms with Crippen LogP contribution in [0.4, 0.5) is 0 Å². The number of carboxylic acid groups (broad SMARTS) is 1. The van der Waals surface area contributed by atoms with E-state index < -0.39 is 11.4 Å². The molecule has 1 fully saturated rings. The van der Waals surface area contributed by atoms with Gasteiger partial charge >= 0.3 is 5.97 Å². The van der Waals surface area contributed by atoms with Gasteiger partial charge in [0.15, 0.2) is 0 Å². The van der Waals surface area contributed by atoms with Crippen molar-refractivity contribution in [3.05, 3.63) is 0 Å². The van der Waals surface area contributed by atoms with Crippen molar-refractivity contribution >= 4 is 5.97 Å². The summed E-state index contributed by atoms with van der Waals surface area (Å²) in [5, 5.41) is 20.2. The molecule has 0 aliphatic heterocycles. The van der Waals surface area contributed by atoms with Crippen LogP contribution in [-0.4, -0.2) is 22.3 Å². The number of aliphatic hydroxyl groups is 1. The minimum atomic E-state index is -0.786. The Morgan fingerprint density at radius 1 is 1.08 bits per heavy atom. The SMILES string of the molecule is CCCCC[C@H]1CC[C@H](C(O)CCC(C)(C(=O)O)C(C)(C)C)CC1. The van der Waals surface area contributed by atoms with E-state index in [4.69, 9.17) is 0 Å². The Labute approximate surface area is 149 Å². The van der Waals surface area contributed by atoms with Gasteiger partial charge in [-0.05, 0) is 49.9 Å². The summed E-state index contributed by atoms with van der Waals surface area (Å²) in [5.74, 6) is 0.464. The molecule has 1 rings (SSSR count). The van der Waals surface area contributed by atoms with Crippen LogP contribution in [0.5, 0.6) is 0 Å². The summed E-state index contributed by atoms with van der Waals surface area (Å²) < 4.78 is 0. The first kappa shape index (κ1) is 21.5. The number of aliphatic hydroxyl groups excluding tert-OH is 1. The molecule has 0 heterocycles. The molecule has 142 valence electrons. The van der Waals surface area contributed by atoms with Gasteiger partial charge < -0.3 is 10.2 Å². The van der Waals surface area contributed by atoms with E-state index in [1.165, 1.54) is 38.5 Å². The van der Waals surface area contributed by atoms with Crippen LogP contribution in [0.15, 0.2) is 0 Å². The van der Waals surface area contributed by atoms with E-state index in [1.807, 2.05) is 27.7 Å². The second kappa shape index (κ2) is 9.22. The van der Waals surface area contributed by atoms with E-state index in [-0.39, 0.29) is 11.5 Å². The average molecular weight is 341 g/mol. The fraction of sp³-hybridized carbons (Fsp3) is 0.952. The summed E-state index contributed by atoms with van der Waals surface area (Å²) in [7, 11) is 0. The highest BCUT2D eigenvalue weighted by Gasteiger charge is 2.44. The summed E-state index contributed by atoms with van der Waals surface area (Å²) >= 11 is 0. The van der Waals surface area contributed by atoms with Crippen molar-refractivity contribution in [1.29, 1.82) is 0 Å². The van der Waals surface area contributed by atoms with Crippen LogP contribution in [0.2, 0.25) is 0 Å². The number of carboxylic acids is 1. The Morgan fingerprint density at radius 2 is 1.67 bits per heavy atom. The molecule has 0 aromatic rings. The third kappa shape index (κ3) is 5.75. The molecular weight excluding hydrogens is 300 g/mol. The molecule has 3 nitrogen and oxygen atoms in total. The molecule has 2 N–H and O–H groups in total. The first-order valence-corrected chi connectivity index (χ1v) is 10.0. The molecule has 0 aromatic heterocycles. The molecule has 0 amide bonds. The highest BCUT2D eigenvalue weighted by molar-refractivity contribution is 5.75. The Bertz CT molecular complexity index is 377. The van der Waals surface area contributed by atoms with Crippen LogP contribution < -0.4 is 0 Å². The van der Waals surface area contributed by atoms with Crippen LogP contribution in [0.1, 0.15) is 98.8 Å². The van der Waals surface area contributed by atoms with Crippen molar-refractivity contribution in [3.63, 3.8) is 0 Å². The van der Waals surface area contributed by atoms with Gasteiger partial charge in [0, 0.05) is 0 Å². The lowest BCUT2D eigenvalue weighted by Gasteiger charge is -2.39. The lowest BCUT2D eigenvalue weighted by atomic mass is 9.64. The van der Waals surface area contributed by atoms with E-state index in [0.29, 0.717) is 18.8 Å². The zero-order valence-electron chi connectivity index (χ0n) is 16.6. The van der Waals surface area contributed by atoms with E-state index in [2.05, 4.69) is 6.92 Å². The van der Waals surface area contributed by atoms with Crippen molar-refractivity contribution in [3.8, 4) is 0 Å². The molecular formula is C21H40O3. The van der Waals surface area contributed by atoms with E-state index >= 15 is 0 Å². The number of rotatable bonds is 9. The molecule has 1 aliphatic carbocycles. The third-order valence-electron chi connectivity index (χ3n) is 6.72. The lowest BCUT2D eigenvalue weighted by Crippen LogP contribution is -2.41. The van der Waals surface area contributed by atoms with Crippen molar-refractivity contribution in [2.75, 3.05) is 0 Å². The third-order valence-corrected chi connectivity index (χ3v) is 6.72. The number of carbonyl (C=O) groups is 1. The molecule has 2 atom stereocenters. The monoisotopic (exact) mass is 340 g/mol. The minimum Gasteiger partial charge on any atom is -0.481 e. The second-order valence-corrected chi connectivity index (χ2v) is 9.27. The lowest BCUT2D eigenvalue weighted by molar-refractivity contribution is -0.156. The molecule has 0 spiro atoms. The molecule has 0 aromatic carbocycles. The van der Waals surface area contributed by atoms with Gasteiger partial charge in [-0.15, -0.1) is 0 Å². The molecule has 1 aliphatic rings. The normalized spacial score (nSPS) is 25.9. The molecule has 0 radical (unpaired) electrons. The van der Waals surface area contributed by atoms with Crippen LogP contribution in [0.3, 0.4) is 0 Å². The van der Waals surface area contributed by atoms with Gasteiger partial charge in [-0.1, -0.05) is 66.2 Å². The fourth-order valence-corrected chi connectivity index (χ4v) is 4.02. The van der Waals surface area contributed by atoms with Gasteiger partial charge in [0.25, 0.3) is 0 Å². The maximum absolute atomic E-state index is 11.7. The van der Waals surface area contributed by atoms with Gasteiger partial charge in [-0.3, -0.25) is 4.79 Å². The smallest absolute Gasteiger partial charge is 0.309 e. The highest BCUT2D eigenvalue weighted by Crippen LogP contribution is 2.44. The number of unbranched alkanes of at least 4 members (excludes halogenated alkanes) is 2. The number of hydrogen-bond donors (Lipinski definition) is 2. The molecule has 0 saturated heterocycles. The summed E-state index contributed by atoms with van der Waals surface area (Å²) in [6, 6.07) is 0. The molecule has 24 heavy (non-hydrogen) atoms. The van der Waals surface area contributed by atoms with Crippen molar-refractivity contribution in [2.24, 2.45) is 22.7 Å². The summed E-state index contributed by atoms with van der Waals surface area (Å²) in [4.78, 5) is 11.7. The summed E-state index contributed by atoms with van der Waals surface area (Å²) in [6.07, 6.45) is 10.8. The number of hydrogen-bond acceptors (Lipinski definition) is 2. The average Bonchev–Trinajstić information content (AvgIpc) is 2.51. The van der Waals surface area contributed by atoms with Crippen molar-refractivity contribution < 1.29 is 15.0 Å². The van der Waals surface area contributed by atoms with Gasteiger partial charge in [0.1, 0.15) is 0 Å². The number of aliphatic carboxylic acids is 1. The second-order valence-electron chi connectivity index (χ2n) is 9.27. The van der Waals surface area contributed by atoms with Crippen molar-refractivity contribution in [1.82, 2.24) is 0 Å². The maximum Gasteiger partial charge on any atom is 0.309 e. The van der Waals surface area contributed by atoms with E-state index in [1.54, 1.807) is 0 Å². The van der Waals surface area contributed by atoms with Crippen LogP contribution in [-0.2, 0) is 4.79 Å². The van der Waals surface area contributed by atoms with E-state index in [0.717, 1.165) is 18.8 Å². The van der Waals surface area contributed by atoms with Gasteiger partial charge in [0.2, 0.25) is 0 Å². The minimum absolute atomic E-state index is 0.310. The predicted octanol–water partition coefficient (Wildman–Crippen LogP) is 5.65. The quantitative estimate of drug-likeness (QED) is 0.533. The fourth-order valence-electron chi connectivity index (χ4n) is 4.02. The summed E-state index contributed by atoms with van der Waals surface area (Å²) in [5.41, 5.74) is -1.10. The zero-order chi connectivity index (χ0) is 18.4. The van der Waals surface area contributed by atoms with Crippen LogP contribution in [0, 0.1) is 22.7 Å². The molecule has 1 saturated carbocycles. The highest BCUT2D eigenvalue weighted by atomic mass is 16.4. The van der Waals surface area contributed by atoms with Crippen molar-refractivity contribution in [2.45, 2.75) is 105 Å². The Morgan fingerprint density at radius 3 is 2.12 bits per heavy atom. The molecule has 2 unspecified atom stereocenters. The first-order valence-electron chi connectivity index (χ1n) is 10.0. The molecule has 0 bridgehead atoms. The Kier molecular flexibility index (Phi) is 8.25. The maximum atomic E-state index is 11.7. The standard InChI is InChI=1S/C21H40O3/c1-6-7-8-9-16-10-12-17(13-11-16)18(22)14-15-21(5,19(23)24)20(2,3)4/h16-18,22H,6-15H2,1-5H3,(H,23,24)/t16-,17-,18?,21?. The van der Waals surface area contributed by atoms with Gasteiger partial charge in [0.05, 0.1) is 11.5 Å². The predicted molar refractivity (Wildman–Crippen MR) is 100 cm³/mol. The van der Waals surface area contributed by atoms with Gasteiger partial charge in [-0.2, -0.15) is 0 Å². The van der Waals surface area contributed by atoms with E-state index in [9.17, 15) is 15.0 Å². The van der Waals surface area contributed by atoms with Crippen LogP contribution in [0.25, 0.3) is 0 Å². The zero-order valence-corrected chi connectivity index (χ0v) is 16.6. The first-order chi connectivity index (χ1) is 11.1. The topological polar surface area (TPSA) is 57.5 Å². The Hall–Kier alpha value is -0.570. The van der Waals surface area contributed by atoms with Crippen LogP contribution >= 0.6 is 0 Å².